The number of aliphatic carboxylic acids is 1. The lowest BCUT2D eigenvalue weighted by atomic mass is 10.0. The van der Waals surface area contributed by atoms with Crippen LogP contribution in [0, 0.1) is 0 Å². The predicted octanol–water partition coefficient (Wildman–Crippen LogP) is 5.58. The Morgan fingerprint density at radius 2 is 1.82 bits per heavy atom. The van der Waals surface area contributed by atoms with Gasteiger partial charge in [-0.3, -0.25) is 4.79 Å². The maximum atomic E-state index is 11.9. The molecule has 0 radical (unpaired) electrons. The van der Waals surface area contributed by atoms with E-state index in [0.717, 1.165) is 27.6 Å². The third-order valence-corrected chi connectivity index (χ3v) is 5.97. The predicted molar refractivity (Wildman–Crippen MR) is 134 cm³/mol. The average molecular weight is 479 g/mol. The monoisotopic (exact) mass is 478 g/mol. The normalized spacial score (nSPS) is 11.9. The molecule has 0 spiro atoms. The minimum Gasteiger partial charge on any atom is -0.490 e. The van der Waals surface area contributed by atoms with E-state index in [0.29, 0.717) is 42.7 Å². The van der Waals surface area contributed by atoms with Crippen molar-refractivity contribution in [2.75, 3.05) is 6.61 Å². The van der Waals surface area contributed by atoms with Crippen molar-refractivity contribution < 1.29 is 19.4 Å². The molecular formula is C27H27ClN2O4. The van der Waals surface area contributed by atoms with Crippen LogP contribution in [0.1, 0.15) is 23.6 Å². The van der Waals surface area contributed by atoms with Crippen molar-refractivity contribution in [1.82, 2.24) is 10.3 Å². The highest BCUT2D eigenvalue weighted by molar-refractivity contribution is 6.31. The molecule has 4 aromatic rings. The largest absolute Gasteiger partial charge is 0.490 e. The van der Waals surface area contributed by atoms with Crippen molar-refractivity contribution in [3.63, 3.8) is 0 Å². The standard InChI is InChI=1S/C27H27ClN2O4/c1-2-33-26-13-18(11-12-25(26)34-17-19-7-3-5-9-22(19)28)15-29-24(27(31)32)14-20-16-30-23-10-6-4-8-21(20)23/h3-13,16,24,29-30H,2,14-15,17H2,1H3,(H,31,32)/t24-/m0/s1. The molecule has 6 nitrogen and oxygen atoms in total. The summed E-state index contributed by atoms with van der Waals surface area (Å²) in [6, 6.07) is 20.3. The van der Waals surface area contributed by atoms with Crippen LogP contribution >= 0.6 is 11.6 Å². The van der Waals surface area contributed by atoms with E-state index in [2.05, 4.69) is 10.3 Å². The van der Waals surface area contributed by atoms with Crippen LogP contribution in [0.3, 0.4) is 0 Å². The van der Waals surface area contributed by atoms with Crippen molar-refractivity contribution in [3.8, 4) is 11.5 Å². The van der Waals surface area contributed by atoms with Crippen LogP contribution in [0.25, 0.3) is 10.9 Å². The summed E-state index contributed by atoms with van der Waals surface area (Å²) >= 11 is 6.23. The van der Waals surface area contributed by atoms with E-state index in [4.69, 9.17) is 21.1 Å². The van der Waals surface area contributed by atoms with Gasteiger partial charge in [-0.15, -0.1) is 0 Å². The Hall–Kier alpha value is -3.48. The summed E-state index contributed by atoms with van der Waals surface area (Å²) < 4.78 is 11.7. The van der Waals surface area contributed by atoms with Crippen molar-refractivity contribution >= 4 is 28.5 Å². The number of H-pyrrole nitrogens is 1. The Morgan fingerprint density at radius 1 is 1.03 bits per heavy atom. The number of rotatable bonds is 11. The molecule has 1 atom stereocenters. The molecule has 1 heterocycles. The second kappa shape index (κ2) is 11.1. The van der Waals surface area contributed by atoms with Crippen LogP contribution in [0.4, 0.5) is 0 Å². The van der Waals surface area contributed by atoms with E-state index in [1.165, 1.54) is 0 Å². The van der Waals surface area contributed by atoms with E-state index in [1.807, 2.05) is 79.9 Å². The van der Waals surface area contributed by atoms with E-state index in [-0.39, 0.29) is 0 Å². The molecule has 0 saturated carbocycles. The van der Waals surface area contributed by atoms with Crippen LogP contribution in [0.15, 0.2) is 72.9 Å². The van der Waals surface area contributed by atoms with Crippen LogP contribution in [0.5, 0.6) is 11.5 Å². The van der Waals surface area contributed by atoms with Gasteiger partial charge in [0, 0.05) is 40.7 Å². The first kappa shape index (κ1) is 23.7. The molecule has 0 aliphatic rings. The van der Waals surface area contributed by atoms with Gasteiger partial charge in [-0.25, -0.2) is 0 Å². The second-order valence-corrected chi connectivity index (χ2v) is 8.34. The molecule has 7 heteroatoms. The van der Waals surface area contributed by atoms with Crippen molar-refractivity contribution in [2.45, 2.75) is 32.5 Å². The molecule has 0 bridgehead atoms. The second-order valence-electron chi connectivity index (χ2n) is 7.93. The summed E-state index contributed by atoms with van der Waals surface area (Å²) in [7, 11) is 0. The number of fused-ring (bicyclic) bond motifs is 1. The van der Waals surface area contributed by atoms with Gasteiger partial charge in [0.1, 0.15) is 12.6 Å². The maximum Gasteiger partial charge on any atom is 0.321 e. The Morgan fingerprint density at radius 3 is 2.62 bits per heavy atom. The summed E-state index contributed by atoms with van der Waals surface area (Å²) in [5.41, 5.74) is 3.75. The molecule has 0 amide bonds. The Balaban J connectivity index is 1.44. The minimum absolute atomic E-state index is 0.322. The molecule has 0 aliphatic heterocycles. The number of ether oxygens (including phenoxy) is 2. The SMILES string of the molecule is CCOc1cc(CN[C@@H](Cc2c[nH]c3ccccc23)C(=O)O)ccc1OCc1ccccc1Cl. The third-order valence-electron chi connectivity index (χ3n) is 5.60. The number of carboxylic acids is 1. The molecular weight excluding hydrogens is 452 g/mol. The lowest BCUT2D eigenvalue weighted by Gasteiger charge is -2.17. The van der Waals surface area contributed by atoms with E-state index in [1.54, 1.807) is 0 Å². The minimum atomic E-state index is -0.894. The molecule has 176 valence electrons. The highest BCUT2D eigenvalue weighted by atomic mass is 35.5. The first-order valence-corrected chi connectivity index (χ1v) is 11.6. The van der Waals surface area contributed by atoms with Crippen LogP contribution in [-0.2, 0) is 24.4 Å². The molecule has 34 heavy (non-hydrogen) atoms. The van der Waals surface area contributed by atoms with Gasteiger partial charge in [-0.1, -0.05) is 54.1 Å². The maximum absolute atomic E-state index is 11.9. The molecule has 1 aromatic heterocycles. The van der Waals surface area contributed by atoms with Gasteiger partial charge in [0.25, 0.3) is 0 Å². The number of benzene rings is 3. The summed E-state index contributed by atoms with van der Waals surface area (Å²) in [6.07, 6.45) is 2.25. The Labute approximate surface area is 203 Å². The first-order chi connectivity index (χ1) is 16.5. The zero-order chi connectivity index (χ0) is 23.9. The Kier molecular flexibility index (Phi) is 7.72. The lowest BCUT2D eigenvalue weighted by molar-refractivity contribution is -0.139. The van der Waals surface area contributed by atoms with E-state index >= 15 is 0 Å². The van der Waals surface area contributed by atoms with Gasteiger partial charge in [-0.05, 0) is 42.3 Å². The van der Waals surface area contributed by atoms with Crippen LogP contribution < -0.4 is 14.8 Å². The van der Waals surface area contributed by atoms with Crippen molar-refractivity contribution in [2.24, 2.45) is 0 Å². The summed E-state index contributed by atoms with van der Waals surface area (Å²) in [5, 5.41) is 14.6. The summed E-state index contributed by atoms with van der Waals surface area (Å²) in [4.78, 5) is 15.1. The quantitative estimate of drug-likeness (QED) is 0.262. The number of carboxylic acid groups (broad SMARTS) is 1. The fourth-order valence-electron chi connectivity index (χ4n) is 3.83. The highest BCUT2D eigenvalue weighted by Gasteiger charge is 2.19. The third kappa shape index (κ3) is 5.71. The topological polar surface area (TPSA) is 83.6 Å². The van der Waals surface area contributed by atoms with Crippen LogP contribution in [0.2, 0.25) is 5.02 Å². The van der Waals surface area contributed by atoms with E-state index in [9.17, 15) is 9.90 Å². The zero-order valence-electron chi connectivity index (χ0n) is 18.9. The van der Waals surface area contributed by atoms with Gasteiger partial charge in [0.15, 0.2) is 11.5 Å². The highest BCUT2D eigenvalue weighted by Crippen LogP contribution is 2.30. The van der Waals surface area contributed by atoms with Crippen molar-refractivity contribution in [3.05, 3.63) is 94.6 Å². The molecule has 4 rings (SSSR count). The average Bonchev–Trinajstić information content (AvgIpc) is 3.25. The van der Waals surface area contributed by atoms with E-state index < -0.39 is 12.0 Å². The molecule has 0 aliphatic carbocycles. The summed E-state index contributed by atoms with van der Waals surface area (Å²) in [5.74, 6) is 0.325. The Bertz CT molecular complexity index is 1270. The van der Waals surface area contributed by atoms with Gasteiger partial charge in [0.2, 0.25) is 0 Å². The summed E-state index contributed by atoms with van der Waals surface area (Å²) in [6.45, 7) is 3.09. The number of halogens is 1. The lowest BCUT2D eigenvalue weighted by Crippen LogP contribution is -2.38. The first-order valence-electron chi connectivity index (χ1n) is 11.2. The fraction of sp³-hybridized carbons (Fsp3) is 0.222. The molecule has 0 saturated heterocycles. The number of nitrogens with one attached hydrogen (secondary N) is 2. The molecule has 3 N–H and O–H groups in total. The number of hydrogen-bond donors (Lipinski definition) is 3. The smallest absolute Gasteiger partial charge is 0.321 e. The fourth-order valence-corrected chi connectivity index (χ4v) is 4.02. The zero-order valence-corrected chi connectivity index (χ0v) is 19.6. The number of para-hydroxylation sites is 1. The molecule has 0 fully saturated rings. The van der Waals surface area contributed by atoms with Gasteiger partial charge >= 0.3 is 5.97 Å². The van der Waals surface area contributed by atoms with Gasteiger partial charge in [0.05, 0.1) is 6.61 Å². The molecule has 0 unspecified atom stereocenters. The van der Waals surface area contributed by atoms with Crippen LogP contribution in [-0.4, -0.2) is 28.7 Å². The van der Waals surface area contributed by atoms with Gasteiger partial charge < -0.3 is 24.9 Å². The number of hydrogen-bond acceptors (Lipinski definition) is 4. The number of aromatic nitrogens is 1. The molecule has 3 aromatic carbocycles. The van der Waals surface area contributed by atoms with Crippen molar-refractivity contribution in [1.29, 1.82) is 0 Å². The number of aromatic amines is 1. The number of carbonyl (C=O) groups is 1. The van der Waals surface area contributed by atoms with Gasteiger partial charge in [-0.2, -0.15) is 0 Å².